The van der Waals surface area contributed by atoms with E-state index in [0.29, 0.717) is 18.4 Å². The third-order valence-electron chi connectivity index (χ3n) is 2.64. The molecular weight excluding hydrogens is 176 g/mol. The summed E-state index contributed by atoms with van der Waals surface area (Å²) in [6.45, 7) is 3.55. The lowest BCUT2D eigenvalue weighted by molar-refractivity contribution is 0.730. The Morgan fingerprint density at radius 2 is 2.50 bits per heavy atom. The molecule has 0 fully saturated rings. The first-order valence-corrected chi connectivity index (χ1v) is 5.11. The number of hydrogen-bond acceptors (Lipinski definition) is 4. The molecule has 3 N–H and O–H groups in total. The monoisotopic (exact) mass is 192 g/mol. The van der Waals surface area contributed by atoms with Gasteiger partial charge in [-0.1, -0.05) is 6.92 Å². The summed E-state index contributed by atoms with van der Waals surface area (Å²) >= 11 is 0. The first-order valence-electron chi connectivity index (χ1n) is 5.11. The molecule has 1 atom stereocenters. The van der Waals surface area contributed by atoms with Crippen molar-refractivity contribution >= 4 is 5.95 Å². The van der Waals surface area contributed by atoms with Crippen molar-refractivity contribution in [3.8, 4) is 0 Å². The average molecular weight is 192 g/mol. The summed E-state index contributed by atoms with van der Waals surface area (Å²) in [4.78, 5) is 8.74. The lowest BCUT2D eigenvalue weighted by Gasteiger charge is -2.06. The molecule has 1 heterocycles. The second-order valence-corrected chi connectivity index (χ2v) is 3.76. The normalized spacial score (nSPS) is 19.4. The Bertz CT molecular complexity index is 324. The van der Waals surface area contributed by atoms with Gasteiger partial charge in [0.1, 0.15) is 0 Å². The highest BCUT2D eigenvalue weighted by Gasteiger charge is 2.20. The second-order valence-electron chi connectivity index (χ2n) is 3.76. The molecule has 1 aliphatic rings. The highest BCUT2D eigenvalue weighted by atomic mass is 15.1. The predicted octanol–water partition coefficient (Wildman–Crippen LogP) is 0.897. The molecular formula is C10H16N4. The minimum absolute atomic E-state index is 0.575. The number of rotatable bonds is 3. The van der Waals surface area contributed by atoms with Crippen LogP contribution in [-0.4, -0.2) is 23.1 Å². The van der Waals surface area contributed by atoms with Gasteiger partial charge in [0.05, 0.1) is 5.69 Å². The van der Waals surface area contributed by atoms with Gasteiger partial charge in [0.15, 0.2) is 0 Å². The molecule has 0 saturated heterocycles. The quantitative estimate of drug-likeness (QED) is 0.746. The van der Waals surface area contributed by atoms with Crippen LogP contribution in [0.15, 0.2) is 6.20 Å². The fourth-order valence-corrected chi connectivity index (χ4v) is 1.82. The summed E-state index contributed by atoms with van der Waals surface area (Å²) < 4.78 is 0. The van der Waals surface area contributed by atoms with Gasteiger partial charge in [-0.2, -0.15) is 0 Å². The number of nitrogens with zero attached hydrogens (tertiary/aromatic N) is 2. The zero-order valence-electron chi connectivity index (χ0n) is 8.45. The molecule has 0 radical (unpaired) electrons. The van der Waals surface area contributed by atoms with Crippen molar-refractivity contribution in [2.45, 2.75) is 25.7 Å². The van der Waals surface area contributed by atoms with E-state index in [-0.39, 0.29) is 0 Å². The van der Waals surface area contributed by atoms with Crippen molar-refractivity contribution in [2.75, 3.05) is 18.4 Å². The molecule has 14 heavy (non-hydrogen) atoms. The second kappa shape index (κ2) is 3.92. The van der Waals surface area contributed by atoms with Gasteiger partial charge in [-0.3, -0.25) is 0 Å². The minimum atomic E-state index is 0.575. The Morgan fingerprint density at radius 3 is 3.29 bits per heavy atom. The highest BCUT2D eigenvalue weighted by Crippen LogP contribution is 2.30. The number of aromatic nitrogens is 2. The summed E-state index contributed by atoms with van der Waals surface area (Å²) in [6, 6.07) is 0. The number of hydrogen-bond donors (Lipinski definition) is 2. The average Bonchev–Trinajstić information content (AvgIpc) is 2.57. The fourth-order valence-electron chi connectivity index (χ4n) is 1.82. The summed E-state index contributed by atoms with van der Waals surface area (Å²) in [7, 11) is 0. The van der Waals surface area contributed by atoms with Crippen LogP contribution in [0.5, 0.6) is 0 Å². The van der Waals surface area contributed by atoms with Gasteiger partial charge in [-0.05, 0) is 24.3 Å². The molecule has 1 unspecified atom stereocenters. The van der Waals surface area contributed by atoms with Crippen molar-refractivity contribution in [3.63, 3.8) is 0 Å². The van der Waals surface area contributed by atoms with E-state index in [2.05, 4.69) is 22.2 Å². The minimum Gasteiger partial charge on any atom is -0.353 e. The zero-order chi connectivity index (χ0) is 9.97. The van der Waals surface area contributed by atoms with Gasteiger partial charge >= 0.3 is 0 Å². The third kappa shape index (κ3) is 1.70. The van der Waals surface area contributed by atoms with Gasteiger partial charge < -0.3 is 11.1 Å². The maximum Gasteiger partial charge on any atom is 0.222 e. The largest absolute Gasteiger partial charge is 0.353 e. The van der Waals surface area contributed by atoms with Crippen molar-refractivity contribution in [1.82, 2.24) is 9.97 Å². The molecule has 0 saturated carbocycles. The predicted molar refractivity (Wildman–Crippen MR) is 56.3 cm³/mol. The van der Waals surface area contributed by atoms with Gasteiger partial charge in [0, 0.05) is 19.3 Å². The van der Waals surface area contributed by atoms with E-state index in [1.54, 1.807) is 0 Å². The third-order valence-corrected chi connectivity index (χ3v) is 2.64. The number of nitrogens with one attached hydrogen (secondary N) is 1. The standard InChI is InChI=1S/C10H16N4/c1-7-2-3-8-6-13-10(12-5-4-11)14-9(7)8/h6-7H,2-5,11H2,1H3,(H,12,13,14). The fraction of sp³-hybridized carbons (Fsp3) is 0.600. The SMILES string of the molecule is CC1CCc2cnc(NCCN)nc21. The van der Waals surface area contributed by atoms with Crippen LogP contribution in [0.1, 0.15) is 30.5 Å². The maximum absolute atomic E-state index is 5.40. The Morgan fingerprint density at radius 1 is 1.64 bits per heavy atom. The van der Waals surface area contributed by atoms with Gasteiger partial charge in [0.2, 0.25) is 5.95 Å². The Kier molecular flexibility index (Phi) is 2.63. The number of aryl methyl sites for hydroxylation is 1. The summed E-state index contributed by atoms with van der Waals surface area (Å²) in [5.74, 6) is 1.29. The van der Waals surface area contributed by atoms with E-state index in [1.165, 1.54) is 17.7 Å². The van der Waals surface area contributed by atoms with E-state index in [1.807, 2.05) is 6.20 Å². The van der Waals surface area contributed by atoms with Crippen LogP contribution in [0.4, 0.5) is 5.95 Å². The van der Waals surface area contributed by atoms with E-state index >= 15 is 0 Å². The molecule has 2 rings (SSSR count). The molecule has 0 aliphatic heterocycles. The molecule has 0 amide bonds. The molecule has 0 bridgehead atoms. The first kappa shape index (κ1) is 9.40. The van der Waals surface area contributed by atoms with Crippen LogP contribution in [0.25, 0.3) is 0 Å². The maximum atomic E-state index is 5.40. The van der Waals surface area contributed by atoms with Gasteiger partial charge in [0.25, 0.3) is 0 Å². The van der Waals surface area contributed by atoms with Crippen molar-refractivity contribution in [3.05, 3.63) is 17.5 Å². The van der Waals surface area contributed by atoms with Crippen molar-refractivity contribution < 1.29 is 0 Å². The van der Waals surface area contributed by atoms with Crippen LogP contribution >= 0.6 is 0 Å². The molecule has 1 aromatic heterocycles. The van der Waals surface area contributed by atoms with Crippen molar-refractivity contribution in [2.24, 2.45) is 5.73 Å². The van der Waals surface area contributed by atoms with Crippen LogP contribution in [0.3, 0.4) is 0 Å². The Balaban J connectivity index is 2.17. The Hall–Kier alpha value is -1.16. The summed E-state index contributed by atoms with van der Waals surface area (Å²) in [6.07, 6.45) is 4.25. The smallest absolute Gasteiger partial charge is 0.222 e. The molecule has 4 heteroatoms. The van der Waals surface area contributed by atoms with E-state index in [9.17, 15) is 0 Å². The first-order chi connectivity index (χ1) is 6.81. The molecule has 76 valence electrons. The number of fused-ring (bicyclic) bond motifs is 1. The lowest BCUT2D eigenvalue weighted by Crippen LogP contribution is -2.15. The topological polar surface area (TPSA) is 63.8 Å². The molecule has 1 aliphatic carbocycles. The van der Waals surface area contributed by atoms with E-state index in [4.69, 9.17) is 5.73 Å². The van der Waals surface area contributed by atoms with Crippen LogP contribution in [0.2, 0.25) is 0 Å². The van der Waals surface area contributed by atoms with Gasteiger partial charge in [-0.25, -0.2) is 9.97 Å². The summed E-state index contributed by atoms with van der Waals surface area (Å²) in [5.41, 5.74) is 7.91. The Labute approximate surface area is 83.9 Å². The molecule has 1 aromatic rings. The summed E-state index contributed by atoms with van der Waals surface area (Å²) in [5, 5.41) is 3.10. The molecule has 0 spiro atoms. The lowest BCUT2D eigenvalue weighted by atomic mass is 10.1. The van der Waals surface area contributed by atoms with E-state index in [0.717, 1.165) is 13.0 Å². The molecule has 0 aromatic carbocycles. The van der Waals surface area contributed by atoms with Crippen LogP contribution in [0, 0.1) is 0 Å². The highest BCUT2D eigenvalue weighted by molar-refractivity contribution is 5.34. The number of nitrogens with two attached hydrogens (primary N) is 1. The van der Waals surface area contributed by atoms with Gasteiger partial charge in [-0.15, -0.1) is 0 Å². The zero-order valence-corrected chi connectivity index (χ0v) is 8.45. The number of anilines is 1. The van der Waals surface area contributed by atoms with Crippen molar-refractivity contribution in [1.29, 1.82) is 0 Å². The van der Waals surface area contributed by atoms with Crippen LogP contribution < -0.4 is 11.1 Å². The van der Waals surface area contributed by atoms with Crippen LogP contribution in [-0.2, 0) is 6.42 Å². The molecule has 4 nitrogen and oxygen atoms in total. The van der Waals surface area contributed by atoms with E-state index < -0.39 is 0 Å².